The van der Waals surface area contributed by atoms with E-state index in [1.807, 2.05) is 13.8 Å². The van der Waals surface area contributed by atoms with Crippen LogP contribution in [-0.4, -0.2) is 52.5 Å². The molecule has 0 bridgehead atoms. The SMILES string of the molecule is CCCCOC[C@@H](C[C@](C)(C=O)OCCCC)OS(C)(=O)=O. The van der Waals surface area contributed by atoms with Crippen molar-refractivity contribution in [3.05, 3.63) is 0 Å². The fourth-order valence-corrected chi connectivity index (χ4v) is 2.49. The van der Waals surface area contributed by atoms with Crippen LogP contribution in [0.15, 0.2) is 0 Å². The predicted molar refractivity (Wildman–Crippen MR) is 85.4 cm³/mol. The lowest BCUT2D eigenvalue weighted by atomic mass is 10.00. The zero-order valence-corrected chi connectivity index (χ0v) is 15.0. The zero-order chi connectivity index (χ0) is 17.1. The molecule has 0 aliphatic heterocycles. The molecule has 0 unspecified atom stereocenters. The summed E-state index contributed by atoms with van der Waals surface area (Å²) in [6.07, 6.45) is 4.78. The maximum absolute atomic E-state index is 11.4. The number of hydrogen-bond donors (Lipinski definition) is 0. The molecule has 0 saturated carbocycles. The van der Waals surface area contributed by atoms with E-state index in [1.54, 1.807) is 6.92 Å². The molecule has 2 atom stereocenters. The van der Waals surface area contributed by atoms with Gasteiger partial charge in [-0.2, -0.15) is 8.42 Å². The van der Waals surface area contributed by atoms with Crippen LogP contribution in [0.1, 0.15) is 52.9 Å². The van der Waals surface area contributed by atoms with Crippen molar-refractivity contribution in [1.82, 2.24) is 0 Å². The van der Waals surface area contributed by atoms with Crippen molar-refractivity contribution in [3.63, 3.8) is 0 Å². The summed E-state index contributed by atoms with van der Waals surface area (Å²) in [5.74, 6) is 0. The lowest BCUT2D eigenvalue weighted by Crippen LogP contribution is -2.39. The molecule has 0 aromatic carbocycles. The third-order valence-electron chi connectivity index (χ3n) is 3.07. The summed E-state index contributed by atoms with van der Waals surface area (Å²) in [7, 11) is -3.62. The molecule has 0 amide bonds. The van der Waals surface area contributed by atoms with Crippen LogP contribution < -0.4 is 0 Å². The van der Waals surface area contributed by atoms with Gasteiger partial charge in [0, 0.05) is 19.6 Å². The van der Waals surface area contributed by atoms with E-state index >= 15 is 0 Å². The Kier molecular flexibility index (Phi) is 10.8. The van der Waals surface area contributed by atoms with E-state index in [0.717, 1.165) is 31.9 Å². The van der Waals surface area contributed by atoms with Crippen LogP contribution in [0.4, 0.5) is 0 Å². The number of rotatable bonds is 14. The first-order valence-corrected chi connectivity index (χ1v) is 9.64. The Morgan fingerprint density at radius 3 is 2.23 bits per heavy atom. The summed E-state index contributed by atoms with van der Waals surface area (Å²) in [5, 5.41) is 0. The molecule has 7 heteroatoms. The summed E-state index contributed by atoms with van der Waals surface area (Å²) >= 11 is 0. The van der Waals surface area contributed by atoms with E-state index < -0.39 is 21.8 Å². The predicted octanol–water partition coefficient (Wildman–Crippen LogP) is 2.31. The maximum Gasteiger partial charge on any atom is 0.264 e. The van der Waals surface area contributed by atoms with Crippen LogP contribution >= 0.6 is 0 Å². The van der Waals surface area contributed by atoms with Gasteiger partial charge in [-0.25, -0.2) is 0 Å². The van der Waals surface area contributed by atoms with Gasteiger partial charge in [0.15, 0.2) is 6.29 Å². The minimum atomic E-state index is -3.62. The Bertz CT molecular complexity index is 395. The van der Waals surface area contributed by atoms with Crippen LogP contribution in [0.25, 0.3) is 0 Å². The summed E-state index contributed by atoms with van der Waals surface area (Å²) in [5.41, 5.74) is -1.07. The van der Waals surface area contributed by atoms with Crippen molar-refractivity contribution in [2.24, 2.45) is 0 Å². The molecule has 0 radical (unpaired) electrons. The van der Waals surface area contributed by atoms with Gasteiger partial charge in [-0.05, 0) is 19.8 Å². The molecule has 0 spiro atoms. The summed E-state index contributed by atoms with van der Waals surface area (Å²) in [6.45, 7) is 6.81. The molecular weight excluding hydrogens is 308 g/mol. The molecule has 0 aromatic rings. The highest BCUT2D eigenvalue weighted by Crippen LogP contribution is 2.19. The van der Waals surface area contributed by atoms with Gasteiger partial charge in [0.05, 0.1) is 12.9 Å². The van der Waals surface area contributed by atoms with Gasteiger partial charge in [-0.15, -0.1) is 0 Å². The first kappa shape index (κ1) is 21.5. The Labute approximate surface area is 134 Å². The second-order valence-corrected chi connectivity index (χ2v) is 7.29. The molecule has 0 heterocycles. The zero-order valence-electron chi connectivity index (χ0n) is 14.2. The molecule has 0 N–H and O–H groups in total. The first-order chi connectivity index (χ1) is 10.3. The molecule has 0 rings (SSSR count). The largest absolute Gasteiger partial charge is 0.379 e. The van der Waals surface area contributed by atoms with Crippen molar-refractivity contribution >= 4 is 16.4 Å². The number of unbranched alkanes of at least 4 members (excludes halogenated alkanes) is 2. The van der Waals surface area contributed by atoms with E-state index in [0.29, 0.717) is 19.5 Å². The molecule has 0 aromatic heterocycles. The van der Waals surface area contributed by atoms with E-state index in [1.165, 1.54) is 0 Å². The second kappa shape index (κ2) is 11.1. The van der Waals surface area contributed by atoms with Gasteiger partial charge in [0.1, 0.15) is 11.7 Å². The fraction of sp³-hybridized carbons (Fsp3) is 0.933. The van der Waals surface area contributed by atoms with E-state index in [4.69, 9.17) is 13.7 Å². The number of aldehydes is 1. The molecular formula is C15H30O6S. The molecule has 132 valence electrons. The molecule has 6 nitrogen and oxygen atoms in total. The summed E-state index contributed by atoms with van der Waals surface area (Å²) in [4.78, 5) is 11.3. The third kappa shape index (κ3) is 11.1. The van der Waals surface area contributed by atoms with E-state index in [2.05, 4.69) is 0 Å². The number of carbonyl (C=O) groups excluding carboxylic acids is 1. The normalized spacial score (nSPS) is 16.2. The molecule has 0 aliphatic rings. The standard InChI is InChI=1S/C15H30O6S/c1-5-7-9-19-12-14(21-22(4,17)18)11-15(3,13-16)20-10-8-6-2/h13-14H,5-12H2,1-4H3/t14-,15-/m1/s1. The number of ether oxygens (including phenoxy) is 2. The van der Waals surface area contributed by atoms with Crippen molar-refractivity contribution in [3.8, 4) is 0 Å². The van der Waals surface area contributed by atoms with Gasteiger partial charge < -0.3 is 14.3 Å². The monoisotopic (exact) mass is 338 g/mol. The van der Waals surface area contributed by atoms with E-state index in [-0.39, 0.29) is 13.0 Å². The highest BCUT2D eigenvalue weighted by Gasteiger charge is 2.31. The average Bonchev–Trinajstić information content (AvgIpc) is 2.42. The molecule has 22 heavy (non-hydrogen) atoms. The van der Waals surface area contributed by atoms with Gasteiger partial charge in [0.2, 0.25) is 0 Å². The molecule has 0 aliphatic carbocycles. The van der Waals surface area contributed by atoms with Gasteiger partial charge in [-0.3, -0.25) is 4.18 Å². The van der Waals surface area contributed by atoms with Crippen molar-refractivity contribution in [2.45, 2.75) is 64.6 Å². The van der Waals surface area contributed by atoms with Crippen LogP contribution in [0, 0.1) is 0 Å². The van der Waals surface area contributed by atoms with Crippen molar-refractivity contribution < 1.29 is 26.9 Å². The Morgan fingerprint density at radius 2 is 1.73 bits per heavy atom. The second-order valence-electron chi connectivity index (χ2n) is 5.69. The molecule has 0 fully saturated rings. The third-order valence-corrected chi connectivity index (χ3v) is 3.69. The van der Waals surface area contributed by atoms with Gasteiger partial charge >= 0.3 is 0 Å². The van der Waals surface area contributed by atoms with Crippen LogP contribution in [-0.2, 0) is 28.6 Å². The van der Waals surface area contributed by atoms with Gasteiger partial charge in [-0.1, -0.05) is 26.7 Å². The lowest BCUT2D eigenvalue weighted by molar-refractivity contribution is -0.134. The smallest absolute Gasteiger partial charge is 0.264 e. The van der Waals surface area contributed by atoms with Gasteiger partial charge in [0.25, 0.3) is 10.1 Å². The fourth-order valence-electron chi connectivity index (χ4n) is 1.87. The van der Waals surface area contributed by atoms with Crippen LogP contribution in [0.2, 0.25) is 0 Å². The Hall–Kier alpha value is -0.500. The molecule has 0 saturated heterocycles. The van der Waals surface area contributed by atoms with Crippen molar-refractivity contribution in [1.29, 1.82) is 0 Å². The quantitative estimate of drug-likeness (QED) is 0.275. The van der Waals surface area contributed by atoms with Crippen molar-refractivity contribution in [2.75, 3.05) is 26.1 Å². The highest BCUT2D eigenvalue weighted by molar-refractivity contribution is 7.86. The number of hydrogen-bond acceptors (Lipinski definition) is 6. The Balaban J connectivity index is 4.64. The minimum Gasteiger partial charge on any atom is -0.379 e. The number of carbonyl (C=O) groups is 1. The first-order valence-electron chi connectivity index (χ1n) is 7.82. The summed E-state index contributed by atoms with van der Waals surface area (Å²) < 4.78 is 38.8. The van der Waals surface area contributed by atoms with Crippen LogP contribution in [0.5, 0.6) is 0 Å². The van der Waals surface area contributed by atoms with E-state index in [9.17, 15) is 13.2 Å². The summed E-state index contributed by atoms with van der Waals surface area (Å²) in [6, 6.07) is 0. The average molecular weight is 338 g/mol. The maximum atomic E-state index is 11.4. The van der Waals surface area contributed by atoms with Crippen LogP contribution in [0.3, 0.4) is 0 Å². The highest BCUT2D eigenvalue weighted by atomic mass is 32.2. The lowest BCUT2D eigenvalue weighted by Gasteiger charge is -2.28. The minimum absolute atomic E-state index is 0.119. The topological polar surface area (TPSA) is 78.9 Å². The Morgan fingerprint density at radius 1 is 1.14 bits per heavy atom.